The first-order chi connectivity index (χ1) is 6.79. The maximum Gasteiger partial charge on any atom is 0.339 e. The van der Waals surface area contributed by atoms with Crippen molar-refractivity contribution < 1.29 is 9.53 Å². The fourth-order valence-electron chi connectivity index (χ4n) is 1.02. The zero-order valence-corrected chi connectivity index (χ0v) is 9.08. The highest BCUT2D eigenvalue weighted by atomic mass is 79.9. The van der Waals surface area contributed by atoms with Gasteiger partial charge in [-0.15, -0.1) is 6.42 Å². The number of hydrogen-bond donors (Lipinski definition) is 0. The monoisotopic (exact) mass is 252 g/mol. The molecule has 0 fully saturated rings. The van der Waals surface area contributed by atoms with Crippen molar-refractivity contribution in [2.24, 2.45) is 0 Å². The number of benzene rings is 1. The molecule has 2 nitrogen and oxygen atoms in total. The normalized spacial score (nSPS) is 9.14. The number of alkyl halides is 1. The molecule has 0 aliphatic rings. The van der Waals surface area contributed by atoms with Crippen molar-refractivity contribution in [1.29, 1.82) is 0 Å². The number of ether oxygens (including phenoxy) is 1. The number of esters is 1. The molecule has 72 valence electrons. The summed E-state index contributed by atoms with van der Waals surface area (Å²) in [6.45, 7) is 0.00938. The molecular formula is C11H9BrO2. The van der Waals surface area contributed by atoms with E-state index in [-0.39, 0.29) is 12.6 Å². The summed E-state index contributed by atoms with van der Waals surface area (Å²) in [5, 5.41) is 0.619. The van der Waals surface area contributed by atoms with Gasteiger partial charge in [0.1, 0.15) is 0 Å². The summed E-state index contributed by atoms with van der Waals surface area (Å²) in [5.41, 5.74) is 1.45. The van der Waals surface area contributed by atoms with Crippen LogP contribution >= 0.6 is 15.9 Å². The number of rotatable bonds is 3. The van der Waals surface area contributed by atoms with Crippen molar-refractivity contribution in [3.63, 3.8) is 0 Å². The van der Waals surface area contributed by atoms with Gasteiger partial charge in [0.25, 0.3) is 0 Å². The first-order valence-electron chi connectivity index (χ1n) is 4.04. The fraction of sp³-hybridized carbons (Fsp3) is 0.182. The van der Waals surface area contributed by atoms with E-state index in [2.05, 4.69) is 21.9 Å². The van der Waals surface area contributed by atoms with E-state index < -0.39 is 0 Å². The van der Waals surface area contributed by atoms with Crippen LogP contribution in [-0.4, -0.2) is 12.6 Å². The lowest BCUT2D eigenvalue weighted by Crippen LogP contribution is -2.07. The van der Waals surface area contributed by atoms with E-state index in [4.69, 9.17) is 11.2 Å². The van der Waals surface area contributed by atoms with E-state index in [0.29, 0.717) is 10.9 Å². The molecule has 0 N–H and O–H groups in total. The zero-order valence-electron chi connectivity index (χ0n) is 7.50. The standard InChI is InChI=1S/C11H9BrO2/c1-2-7-14-11(13)10-6-4-3-5-9(10)8-12/h1,3-6H,7-8H2. The maximum atomic E-state index is 11.4. The van der Waals surface area contributed by atoms with Crippen LogP contribution in [0.25, 0.3) is 0 Å². The second-order valence-electron chi connectivity index (χ2n) is 2.57. The van der Waals surface area contributed by atoms with Crippen LogP contribution in [0, 0.1) is 12.3 Å². The molecule has 0 saturated carbocycles. The Labute approximate surface area is 91.4 Å². The fourth-order valence-corrected chi connectivity index (χ4v) is 1.51. The second-order valence-corrected chi connectivity index (χ2v) is 3.13. The third-order valence-electron chi connectivity index (χ3n) is 1.67. The average Bonchev–Trinajstić information content (AvgIpc) is 2.25. The Kier molecular flexibility index (Phi) is 4.21. The minimum atomic E-state index is -0.377. The predicted molar refractivity (Wildman–Crippen MR) is 58.2 cm³/mol. The molecule has 3 heteroatoms. The molecule has 1 rings (SSSR count). The van der Waals surface area contributed by atoms with E-state index in [9.17, 15) is 4.79 Å². The van der Waals surface area contributed by atoms with Gasteiger partial charge in [-0.25, -0.2) is 4.79 Å². The number of halogens is 1. The molecule has 0 radical (unpaired) electrons. The van der Waals surface area contributed by atoms with Gasteiger partial charge in [-0.3, -0.25) is 0 Å². The largest absolute Gasteiger partial charge is 0.449 e. The van der Waals surface area contributed by atoms with Crippen molar-refractivity contribution in [2.75, 3.05) is 6.61 Å². The molecule has 0 amide bonds. The Morgan fingerprint density at radius 2 is 2.21 bits per heavy atom. The molecule has 0 aliphatic heterocycles. The van der Waals surface area contributed by atoms with Crippen LogP contribution in [0.1, 0.15) is 15.9 Å². The Morgan fingerprint density at radius 3 is 2.86 bits per heavy atom. The van der Waals surface area contributed by atoms with Gasteiger partial charge in [-0.2, -0.15) is 0 Å². The quantitative estimate of drug-likeness (QED) is 0.469. The lowest BCUT2D eigenvalue weighted by Gasteiger charge is -2.04. The minimum absolute atomic E-state index is 0.00938. The summed E-state index contributed by atoms with van der Waals surface area (Å²) in [5.74, 6) is 1.87. The highest BCUT2D eigenvalue weighted by Gasteiger charge is 2.10. The van der Waals surface area contributed by atoms with Crippen LogP contribution in [0.5, 0.6) is 0 Å². The minimum Gasteiger partial charge on any atom is -0.449 e. The Morgan fingerprint density at radius 1 is 1.50 bits per heavy atom. The second kappa shape index (κ2) is 5.46. The number of hydrogen-bond acceptors (Lipinski definition) is 2. The maximum absolute atomic E-state index is 11.4. The van der Waals surface area contributed by atoms with Gasteiger partial charge in [0.2, 0.25) is 0 Å². The molecule has 0 unspecified atom stereocenters. The van der Waals surface area contributed by atoms with Crippen LogP contribution in [0.15, 0.2) is 24.3 Å². The van der Waals surface area contributed by atoms with Gasteiger partial charge >= 0.3 is 5.97 Å². The highest BCUT2D eigenvalue weighted by molar-refractivity contribution is 9.08. The van der Waals surface area contributed by atoms with Gasteiger partial charge in [-0.1, -0.05) is 40.0 Å². The number of terminal acetylenes is 1. The van der Waals surface area contributed by atoms with Crippen LogP contribution in [0.4, 0.5) is 0 Å². The van der Waals surface area contributed by atoms with Gasteiger partial charge in [0.05, 0.1) is 5.56 Å². The van der Waals surface area contributed by atoms with E-state index in [1.807, 2.05) is 12.1 Å². The molecule has 0 atom stereocenters. The lowest BCUT2D eigenvalue weighted by atomic mass is 10.1. The molecule has 1 aromatic carbocycles. The molecule has 0 saturated heterocycles. The summed E-state index contributed by atoms with van der Waals surface area (Å²) in [4.78, 5) is 11.4. The van der Waals surface area contributed by atoms with Gasteiger partial charge in [-0.05, 0) is 11.6 Å². The summed E-state index contributed by atoms with van der Waals surface area (Å²) >= 11 is 3.30. The highest BCUT2D eigenvalue weighted by Crippen LogP contribution is 2.13. The first kappa shape index (κ1) is 10.8. The lowest BCUT2D eigenvalue weighted by molar-refractivity contribution is 0.0556. The third-order valence-corrected chi connectivity index (χ3v) is 2.27. The van der Waals surface area contributed by atoms with E-state index >= 15 is 0 Å². The van der Waals surface area contributed by atoms with Gasteiger partial charge in [0, 0.05) is 5.33 Å². The van der Waals surface area contributed by atoms with E-state index in [0.717, 1.165) is 5.56 Å². The van der Waals surface area contributed by atoms with Crippen LogP contribution < -0.4 is 0 Å². The molecule has 0 heterocycles. The molecule has 14 heavy (non-hydrogen) atoms. The smallest absolute Gasteiger partial charge is 0.339 e. The van der Waals surface area contributed by atoms with Crippen molar-refractivity contribution in [1.82, 2.24) is 0 Å². The van der Waals surface area contributed by atoms with E-state index in [1.54, 1.807) is 12.1 Å². The van der Waals surface area contributed by atoms with Gasteiger partial charge < -0.3 is 4.74 Å². The van der Waals surface area contributed by atoms with Crippen molar-refractivity contribution >= 4 is 21.9 Å². The Bertz CT molecular complexity index is 366. The topological polar surface area (TPSA) is 26.3 Å². The molecule has 0 aliphatic carbocycles. The Hall–Kier alpha value is -1.27. The van der Waals surface area contributed by atoms with Crippen molar-refractivity contribution in [3.05, 3.63) is 35.4 Å². The summed E-state index contributed by atoms with van der Waals surface area (Å²) in [7, 11) is 0. The first-order valence-corrected chi connectivity index (χ1v) is 5.16. The van der Waals surface area contributed by atoms with Crippen molar-refractivity contribution in [3.8, 4) is 12.3 Å². The van der Waals surface area contributed by atoms with Crippen LogP contribution in [0.3, 0.4) is 0 Å². The SMILES string of the molecule is C#CCOC(=O)c1ccccc1CBr. The molecule has 1 aromatic rings. The molecule has 0 bridgehead atoms. The average molecular weight is 253 g/mol. The number of carbonyl (C=O) groups is 1. The van der Waals surface area contributed by atoms with Crippen LogP contribution in [-0.2, 0) is 10.1 Å². The summed E-state index contributed by atoms with van der Waals surface area (Å²) < 4.78 is 4.82. The third kappa shape index (κ3) is 2.61. The predicted octanol–water partition coefficient (Wildman–Crippen LogP) is 2.37. The van der Waals surface area contributed by atoms with Crippen LogP contribution in [0.2, 0.25) is 0 Å². The Balaban J connectivity index is 2.84. The van der Waals surface area contributed by atoms with Crippen molar-refractivity contribution in [2.45, 2.75) is 5.33 Å². The summed E-state index contributed by atoms with van der Waals surface area (Å²) in [6.07, 6.45) is 4.99. The van der Waals surface area contributed by atoms with E-state index in [1.165, 1.54) is 0 Å². The molecule has 0 spiro atoms. The number of carbonyl (C=O) groups excluding carboxylic acids is 1. The summed E-state index contributed by atoms with van der Waals surface area (Å²) in [6, 6.07) is 7.24. The molecule has 0 aromatic heterocycles. The zero-order chi connectivity index (χ0) is 10.4. The van der Waals surface area contributed by atoms with Gasteiger partial charge in [0.15, 0.2) is 6.61 Å². The molecular weight excluding hydrogens is 244 g/mol.